The molecule has 0 aromatic heterocycles. The van der Waals surface area contributed by atoms with Gasteiger partial charge in [0, 0.05) is 42.6 Å². The highest BCUT2D eigenvalue weighted by Gasteiger charge is 2.24. The van der Waals surface area contributed by atoms with Gasteiger partial charge < -0.3 is 10.2 Å². The molecule has 1 heterocycles. The lowest BCUT2D eigenvalue weighted by atomic mass is 10.2. The molecule has 1 unspecified atom stereocenters. The third kappa shape index (κ3) is 4.06. The summed E-state index contributed by atoms with van der Waals surface area (Å²) in [6.45, 7) is 1.57. The fourth-order valence-corrected chi connectivity index (χ4v) is 3.50. The van der Waals surface area contributed by atoms with Crippen molar-refractivity contribution in [1.29, 1.82) is 0 Å². The van der Waals surface area contributed by atoms with Crippen LogP contribution in [0.5, 0.6) is 0 Å². The molecule has 3 rings (SSSR count). The van der Waals surface area contributed by atoms with E-state index in [0.29, 0.717) is 5.69 Å². The van der Waals surface area contributed by atoms with Gasteiger partial charge in [0.05, 0.1) is 9.82 Å². The molecule has 25 heavy (non-hydrogen) atoms. The van der Waals surface area contributed by atoms with Gasteiger partial charge in [-0.15, -0.1) is 0 Å². The summed E-state index contributed by atoms with van der Waals surface area (Å²) in [7, 11) is -4.02. The number of primary sulfonamides is 1. The average Bonchev–Trinajstić information content (AvgIpc) is 3.03. The number of sulfonamides is 1. The molecule has 3 N–H and O–H groups in total. The Balaban J connectivity index is 1.79. The zero-order valence-electron chi connectivity index (χ0n) is 13.3. The number of rotatable bonds is 5. The van der Waals surface area contributed by atoms with E-state index in [1.807, 2.05) is 30.3 Å². The lowest BCUT2D eigenvalue weighted by Crippen LogP contribution is -2.26. The third-order valence-corrected chi connectivity index (χ3v) is 5.00. The Morgan fingerprint density at radius 2 is 1.92 bits per heavy atom. The van der Waals surface area contributed by atoms with Crippen LogP contribution in [-0.4, -0.2) is 32.5 Å². The zero-order chi connectivity index (χ0) is 18.0. The van der Waals surface area contributed by atoms with Crippen LogP contribution in [0.1, 0.15) is 6.42 Å². The van der Waals surface area contributed by atoms with Gasteiger partial charge in [-0.3, -0.25) is 10.1 Å². The quantitative estimate of drug-likeness (QED) is 0.620. The third-order valence-electron chi connectivity index (χ3n) is 4.11. The number of nitrogens with zero attached hydrogens (tertiary/aromatic N) is 2. The number of hydrogen-bond acceptors (Lipinski definition) is 6. The van der Waals surface area contributed by atoms with Crippen LogP contribution in [0.2, 0.25) is 0 Å². The van der Waals surface area contributed by atoms with Gasteiger partial charge in [-0.2, -0.15) is 0 Å². The normalized spacial score (nSPS) is 17.5. The van der Waals surface area contributed by atoms with Crippen LogP contribution in [0.15, 0.2) is 53.4 Å². The molecule has 0 aliphatic carbocycles. The summed E-state index contributed by atoms with van der Waals surface area (Å²) in [4.78, 5) is 12.3. The number of non-ortho nitro benzene ring substituents is 1. The molecule has 1 atom stereocenters. The monoisotopic (exact) mass is 362 g/mol. The molecule has 0 radical (unpaired) electrons. The number of nitro benzene ring substituents is 1. The van der Waals surface area contributed by atoms with Gasteiger partial charge in [-0.05, 0) is 24.6 Å². The van der Waals surface area contributed by atoms with Crippen molar-refractivity contribution in [2.45, 2.75) is 17.4 Å². The van der Waals surface area contributed by atoms with E-state index >= 15 is 0 Å². The fourth-order valence-electron chi connectivity index (χ4n) is 2.92. The number of anilines is 2. The first-order chi connectivity index (χ1) is 11.8. The van der Waals surface area contributed by atoms with Crippen LogP contribution in [0.4, 0.5) is 17.1 Å². The Labute approximate surface area is 145 Å². The molecule has 0 bridgehead atoms. The first-order valence-corrected chi connectivity index (χ1v) is 9.26. The molecule has 9 heteroatoms. The van der Waals surface area contributed by atoms with Gasteiger partial charge in [-0.1, -0.05) is 18.2 Å². The summed E-state index contributed by atoms with van der Waals surface area (Å²) in [5.41, 5.74) is 1.17. The van der Waals surface area contributed by atoms with Crippen molar-refractivity contribution < 1.29 is 13.3 Å². The van der Waals surface area contributed by atoms with Crippen molar-refractivity contribution in [3.63, 3.8) is 0 Å². The van der Waals surface area contributed by atoms with Crippen molar-refractivity contribution in [2.24, 2.45) is 5.14 Å². The maximum atomic E-state index is 11.6. The van der Waals surface area contributed by atoms with Crippen LogP contribution in [0.3, 0.4) is 0 Å². The lowest BCUT2D eigenvalue weighted by molar-refractivity contribution is -0.385. The van der Waals surface area contributed by atoms with Crippen LogP contribution >= 0.6 is 0 Å². The SMILES string of the molecule is NS(=O)(=O)c1cc(NC2CCN(c3ccccc3)C2)cc([N+](=O)[O-])c1. The molecule has 2 aromatic rings. The summed E-state index contributed by atoms with van der Waals surface area (Å²) in [5, 5.41) is 19.3. The smallest absolute Gasteiger partial charge is 0.272 e. The number of benzene rings is 2. The molecular formula is C16H18N4O4S. The minimum Gasteiger partial charge on any atom is -0.380 e. The summed E-state index contributed by atoms with van der Waals surface area (Å²) < 4.78 is 23.1. The number of nitrogens with one attached hydrogen (secondary N) is 1. The Hall–Kier alpha value is -2.65. The first kappa shape index (κ1) is 17.2. The van der Waals surface area contributed by atoms with E-state index in [4.69, 9.17) is 5.14 Å². The summed E-state index contributed by atoms with van der Waals surface area (Å²) in [6.07, 6.45) is 0.836. The van der Waals surface area contributed by atoms with Crippen molar-refractivity contribution in [3.05, 3.63) is 58.6 Å². The van der Waals surface area contributed by atoms with Crippen LogP contribution in [0.25, 0.3) is 0 Å². The van der Waals surface area contributed by atoms with Gasteiger partial charge in [0.25, 0.3) is 5.69 Å². The minimum absolute atomic E-state index is 0.0514. The predicted molar refractivity (Wildman–Crippen MR) is 95.2 cm³/mol. The number of hydrogen-bond donors (Lipinski definition) is 2. The topological polar surface area (TPSA) is 119 Å². The summed E-state index contributed by atoms with van der Waals surface area (Å²) in [6, 6.07) is 13.6. The van der Waals surface area contributed by atoms with E-state index in [9.17, 15) is 18.5 Å². The highest BCUT2D eigenvalue weighted by molar-refractivity contribution is 7.89. The van der Waals surface area contributed by atoms with Crippen molar-refractivity contribution >= 4 is 27.1 Å². The molecular weight excluding hydrogens is 344 g/mol. The van der Waals surface area contributed by atoms with Gasteiger partial charge in [0.2, 0.25) is 10.0 Å². The molecule has 132 valence electrons. The molecule has 2 aromatic carbocycles. The van der Waals surface area contributed by atoms with E-state index in [1.54, 1.807) is 0 Å². The van der Waals surface area contributed by atoms with Crippen LogP contribution in [-0.2, 0) is 10.0 Å². The second-order valence-electron chi connectivity index (χ2n) is 5.93. The lowest BCUT2D eigenvalue weighted by Gasteiger charge is -2.19. The Bertz CT molecular complexity index is 886. The van der Waals surface area contributed by atoms with Crippen LogP contribution in [0, 0.1) is 10.1 Å². The highest BCUT2D eigenvalue weighted by atomic mass is 32.2. The molecule has 1 aliphatic heterocycles. The van der Waals surface area contributed by atoms with Gasteiger partial charge in [-0.25, -0.2) is 13.6 Å². The Morgan fingerprint density at radius 1 is 1.20 bits per heavy atom. The van der Waals surface area contributed by atoms with E-state index in [-0.39, 0.29) is 16.6 Å². The van der Waals surface area contributed by atoms with E-state index in [2.05, 4.69) is 10.2 Å². The minimum atomic E-state index is -4.02. The molecule has 0 saturated carbocycles. The molecule has 0 spiro atoms. The predicted octanol–water partition coefficient (Wildman–Crippen LogP) is 1.93. The molecule has 0 amide bonds. The number of nitrogens with two attached hydrogens (primary N) is 1. The standard InChI is InChI=1S/C16H18N4O4S/c17-25(23,24)16-9-13(8-15(10-16)20(21)22)18-12-6-7-19(11-12)14-4-2-1-3-5-14/h1-5,8-10,12,18H,6-7,11H2,(H2,17,23,24). The summed E-state index contributed by atoms with van der Waals surface area (Å²) >= 11 is 0. The second kappa shape index (κ2) is 6.69. The highest BCUT2D eigenvalue weighted by Crippen LogP contribution is 2.26. The van der Waals surface area contributed by atoms with Gasteiger partial charge >= 0.3 is 0 Å². The van der Waals surface area contributed by atoms with Gasteiger partial charge in [0.1, 0.15) is 0 Å². The molecule has 1 aliphatic rings. The molecule has 8 nitrogen and oxygen atoms in total. The van der Waals surface area contributed by atoms with Gasteiger partial charge in [0.15, 0.2) is 0 Å². The van der Waals surface area contributed by atoms with Crippen molar-refractivity contribution in [3.8, 4) is 0 Å². The maximum absolute atomic E-state index is 11.6. The van der Waals surface area contributed by atoms with E-state index in [1.165, 1.54) is 12.1 Å². The van der Waals surface area contributed by atoms with E-state index in [0.717, 1.165) is 31.3 Å². The van der Waals surface area contributed by atoms with Crippen LogP contribution < -0.4 is 15.4 Å². The zero-order valence-corrected chi connectivity index (χ0v) is 14.1. The first-order valence-electron chi connectivity index (χ1n) is 7.72. The average molecular weight is 362 g/mol. The van der Waals surface area contributed by atoms with Crippen molar-refractivity contribution in [1.82, 2.24) is 0 Å². The number of nitro groups is 1. The summed E-state index contributed by atoms with van der Waals surface area (Å²) in [5.74, 6) is 0. The Kier molecular flexibility index (Phi) is 4.60. The Morgan fingerprint density at radius 3 is 2.56 bits per heavy atom. The second-order valence-corrected chi connectivity index (χ2v) is 7.49. The van der Waals surface area contributed by atoms with Crippen molar-refractivity contribution in [2.75, 3.05) is 23.3 Å². The van der Waals surface area contributed by atoms with E-state index < -0.39 is 14.9 Å². The number of para-hydroxylation sites is 1. The molecule has 1 saturated heterocycles. The fraction of sp³-hybridized carbons (Fsp3) is 0.250. The largest absolute Gasteiger partial charge is 0.380 e. The molecule has 1 fully saturated rings. The maximum Gasteiger partial charge on any atom is 0.272 e.